The Balaban J connectivity index is 1.51. The van der Waals surface area contributed by atoms with Gasteiger partial charge in [-0.3, -0.25) is 4.90 Å². The smallest absolute Gasteiger partial charge is 0.322 e. The number of carbonyl (C=O) groups excluding carboxylic acids is 1. The number of amides is 2. The Labute approximate surface area is 143 Å². The molecule has 1 heterocycles. The van der Waals surface area contributed by atoms with Gasteiger partial charge in [0.05, 0.1) is 5.69 Å². The van der Waals surface area contributed by atoms with Gasteiger partial charge in [-0.1, -0.05) is 12.1 Å². The van der Waals surface area contributed by atoms with Gasteiger partial charge in [0, 0.05) is 38.8 Å². The minimum Gasteiger partial charge on any atom is -0.322 e. The van der Waals surface area contributed by atoms with Crippen molar-refractivity contribution in [1.82, 2.24) is 9.80 Å². The second-order valence-electron chi connectivity index (χ2n) is 5.94. The molecule has 4 nitrogen and oxygen atoms in total. The Morgan fingerprint density at radius 3 is 2.20 bits per heavy atom. The number of nitrogens with zero attached hydrogens (tertiary/aromatic N) is 2. The Bertz CT molecular complexity index is 744. The van der Waals surface area contributed by atoms with Gasteiger partial charge in [0.15, 0.2) is 0 Å². The third kappa shape index (κ3) is 4.51. The molecule has 0 unspecified atom stereocenters. The van der Waals surface area contributed by atoms with Crippen LogP contribution in [0.2, 0.25) is 0 Å². The first-order valence-corrected chi connectivity index (χ1v) is 7.99. The molecule has 7 heteroatoms. The topological polar surface area (TPSA) is 35.6 Å². The first kappa shape index (κ1) is 17.3. The lowest BCUT2D eigenvalue weighted by Crippen LogP contribution is -2.49. The number of carbonyl (C=O) groups is 1. The standard InChI is InChI=1S/C18H18F3N3O/c19-14-3-1-13(2-4-14)12-23-7-9-24(10-8-23)18(25)22-17-6-5-15(20)11-16(17)21/h1-6,11H,7-10,12H2,(H,22,25). The number of benzene rings is 2. The Morgan fingerprint density at radius 1 is 0.920 bits per heavy atom. The van der Waals surface area contributed by atoms with Crippen LogP contribution in [0, 0.1) is 17.5 Å². The molecule has 0 atom stereocenters. The van der Waals surface area contributed by atoms with Crippen molar-refractivity contribution in [2.24, 2.45) is 0 Å². The molecule has 0 bridgehead atoms. The van der Waals surface area contributed by atoms with E-state index in [-0.39, 0.29) is 11.5 Å². The number of rotatable bonds is 3. The maximum absolute atomic E-state index is 13.6. The van der Waals surface area contributed by atoms with Gasteiger partial charge >= 0.3 is 6.03 Å². The second-order valence-corrected chi connectivity index (χ2v) is 5.94. The fraction of sp³-hybridized carbons (Fsp3) is 0.278. The molecule has 25 heavy (non-hydrogen) atoms. The van der Waals surface area contributed by atoms with Gasteiger partial charge in [0.2, 0.25) is 0 Å². The van der Waals surface area contributed by atoms with Crippen molar-refractivity contribution in [2.75, 3.05) is 31.5 Å². The second kappa shape index (κ2) is 7.57. The highest BCUT2D eigenvalue weighted by atomic mass is 19.1. The summed E-state index contributed by atoms with van der Waals surface area (Å²) in [5.74, 6) is -1.76. The largest absolute Gasteiger partial charge is 0.322 e. The molecule has 1 aliphatic rings. The summed E-state index contributed by atoms with van der Waals surface area (Å²) in [6.45, 7) is 3.00. The first-order chi connectivity index (χ1) is 12.0. The fourth-order valence-corrected chi connectivity index (χ4v) is 2.74. The highest BCUT2D eigenvalue weighted by Gasteiger charge is 2.22. The average molecular weight is 349 g/mol. The van der Waals surface area contributed by atoms with Crippen LogP contribution in [0.1, 0.15) is 5.56 Å². The Morgan fingerprint density at radius 2 is 1.56 bits per heavy atom. The van der Waals surface area contributed by atoms with Crippen LogP contribution >= 0.6 is 0 Å². The lowest BCUT2D eigenvalue weighted by Gasteiger charge is -2.34. The zero-order valence-corrected chi connectivity index (χ0v) is 13.5. The van der Waals surface area contributed by atoms with Gasteiger partial charge in [-0.05, 0) is 29.8 Å². The molecule has 132 valence electrons. The summed E-state index contributed by atoms with van der Waals surface area (Å²) in [7, 11) is 0. The number of anilines is 1. The van der Waals surface area contributed by atoms with Gasteiger partial charge in [-0.25, -0.2) is 18.0 Å². The summed E-state index contributed by atoms with van der Waals surface area (Å²) in [5.41, 5.74) is 0.966. The number of hydrogen-bond donors (Lipinski definition) is 1. The van der Waals surface area contributed by atoms with Crippen LogP contribution in [-0.2, 0) is 6.54 Å². The van der Waals surface area contributed by atoms with E-state index in [9.17, 15) is 18.0 Å². The number of halogens is 3. The van der Waals surface area contributed by atoms with Crippen molar-refractivity contribution in [3.8, 4) is 0 Å². The lowest BCUT2D eigenvalue weighted by atomic mass is 10.2. The SMILES string of the molecule is O=C(Nc1ccc(F)cc1F)N1CCN(Cc2ccc(F)cc2)CC1. The molecule has 0 radical (unpaired) electrons. The minimum absolute atomic E-state index is 0.0415. The minimum atomic E-state index is -0.803. The number of urea groups is 1. The molecule has 0 aliphatic carbocycles. The molecule has 1 N–H and O–H groups in total. The summed E-state index contributed by atoms with van der Waals surface area (Å²) >= 11 is 0. The highest BCUT2D eigenvalue weighted by molar-refractivity contribution is 5.89. The quantitative estimate of drug-likeness (QED) is 0.921. The molecular weight excluding hydrogens is 331 g/mol. The summed E-state index contributed by atoms with van der Waals surface area (Å²) in [6.07, 6.45) is 0. The normalized spacial score (nSPS) is 15.2. The van der Waals surface area contributed by atoms with Gasteiger partial charge < -0.3 is 10.2 Å². The van der Waals surface area contributed by atoms with E-state index >= 15 is 0 Å². The maximum Gasteiger partial charge on any atom is 0.322 e. The monoisotopic (exact) mass is 349 g/mol. The van der Waals surface area contributed by atoms with Gasteiger partial charge in [0.25, 0.3) is 0 Å². The molecule has 1 aliphatic heterocycles. The first-order valence-electron chi connectivity index (χ1n) is 7.99. The molecule has 2 aromatic rings. The van der Waals surface area contributed by atoms with Crippen LogP contribution in [0.3, 0.4) is 0 Å². The summed E-state index contributed by atoms with van der Waals surface area (Å²) in [4.78, 5) is 16.0. The van der Waals surface area contributed by atoms with Crippen molar-refractivity contribution in [1.29, 1.82) is 0 Å². The third-order valence-electron chi connectivity index (χ3n) is 4.15. The molecule has 1 fully saturated rings. The predicted molar refractivity (Wildman–Crippen MR) is 88.6 cm³/mol. The summed E-state index contributed by atoms with van der Waals surface area (Å²) in [6, 6.07) is 8.96. The molecular formula is C18H18F3N3O. The van der Waals surface area contributed by atoms with Gasteiger partial charge in [0.1, 0.15) is 17.5 Å². The van der Waals surface area contributed by atoms with Crippen LogP contribution in [0.5, 0.6) is 0 Å². The van der Waals surface area contributed by atoms with E-state index in [1.165, 1.54) is 18.2 Å². The predicted octanol–water partition coefficient (Wildman–Crippen LogP) is 3.45. The van der Waals surface area contributed by atoms with E-state index in [1.54, 1.807) is 17.0 Å². The van der Waals surface area contributed by atoms with Gasteiger partial charge in [-0.2, -0.15) is 0 Å². The zero-order chi connectivity index (χ0) is 17.8. The van der Waals surface area contributed by atoms with Crippen molar-refractivity contribution in [3.63, 3.8) is 0 Å². The van der Waals surface area contributed by atoms with E-state index in [0.29, 0.717) is 32.7 Å². The molecule has 3 rings (SSSR count). The molecule has 0 saturated carbocycles. The van der Waals surface area contributed by atoms with Crippen LogP contribution in [-0.4, -0.2) is 42.0 Å². The van der Waals surface area contributed by atoms with E-state index in [0.717, 1.165) is 17.7 Å². The Kier molecular flexibility index (Phi) is 5.23. The summed E-state index contributed by atoms with van der Waals surface area (Å²) < 4.78 is 39.4. The molecule has 0 spiro atoms. The van der Waals surface area contributed by atoms with Crippen LogP contribution in [0.25, 0.3) is 0 Å². The summed E-state index contributed by atoms with van der Waals surface area (Å²) in [5, 5.41) is 2.46. The molecule has 0 aromatic heterocycles. The van der Waals surface area contributed by atoms with Crippen LogP contribution in [0.4, 0.5) is 23.7 Å². The van der Waals surface area contributed by atoms with Crippen LogP contribution in [0.15, 0.2) is 42.5 Å². The number of nitrogens with one attached hydrogen (secondary N) is 1. The van der Waals surface area contributed by atoms with Crippen molar-refractivity contribution in [3.05, 3.63) is 65.5 Å². The van der Waals surface area contributed by atoms with Crippen LogP contribution < -0.4 is 5.32 Å². The third-order valence-corrected chi connectivity index (χ3v) is 4.15. The fourth-order valence-electron chi connectivity index (χ4n) is 2.74. The molecule has 2 amide bonds. The van der Waals surface area contributed by atoms with Crippen molar-refractivity contribution >= 4 is 11.7 Å². The lowest BCUT2D eigenvalue weighted by molar-refractivity contribution is 0.143. The Hall–Kier alpha value is -2.54. The number of piperazine rings is 1. The maximum atomic E-state index is 13.6. The van der Waals surface area contributed by atoms with Crippen molar-refractivity contribution in [2.45, 2.75) is 6.54 Å². The molecule has 2 aromatic carbocycles. The van der Waals surface area contributed by atoms with Gasteiger partial charge in [-0.15, -0.1) is 0 Å². The van der Waals surface area contributed by atoms with E-state index in [1.807, 2.05) is 0 Å². The van der Waals surface area contributed by atoms with Crippen molar-refractivity contribution < 1.29 is 18.0 Å². The van der Waals surface area contributed by atoms with E-state index in [4.69, 9.17) is 0 Å². The zero-order valence-electron chi connectivity index (χ0n) is 13.5. The van der Waals surface area contributed by atoms with E-state index < -0.39 is 17.7 Å². The molecule has 1 saturated heterocycles. The van der Waals surface area contributed by atoms with E-state index in [2.05, 4.69) is 10.2 Å². The highest BCUT2D eigenvalue weighted by Crippen LogP contribution is 2.16. The average Bonchev–Trinajstić information content (AvgIpc) is 2.60. The number of hydrogen-bond acceptors (Lipinski definition) is 2.